The first-order valence-corrected chi connectivity index (χ1v) is 7.63. The number of aliphatic hydroxyl groups is 1. The lowest BCUT2D eigenvalue weighted by atomic mass is 9.88. The second-order valence-corrected chi connectivity index (χ2v) is 6.27. The van der Waals surface area contributed by atoms with Gasteiger partial charge in [-0.05, 0) is 45.2 Å². The van der Waals surface area contributed by atoms with Gasteiger partial charge in [-0.1, -0.05) is 6.92 Å². The Balaban J connectivity index is 1.72. The van der Waals surface area contributed by atoms with E-state index in [9.17, 15) is 5.11 Å². The van der Waals surface area contributed by atoms with Crippen molar-refractivity contribution in [2.45, 2.75) is 63.6 Å². The largest absolute Gasteiger partial charge is 0.388 e. The van der Waals surface area contributed by atoms with Crippen molar-refractivity contribution in [1.82, 2.24) is 14.7 Å². The highest BCUT2D eigenvalue weighted by atomic mass is 16.3. The van der Waals surface area contributed by atoms with E-state index in [1.165, 1.54) is 6.42 Å². The Labute approximate surface area is 115 Å². The maximum absolute atomic E-state index is 10.9. The van der Waals surface area contributed by atoms with Crippen molar-refractivity contribution in [3.05, 3.63) is 18.0 Å². The summed E-state index contributed by atoms with van der Waals surface area (Å²) in [6.07, 6.45) is 7.11. The Morgan fingerprint density at radius 2 is 2.37 bits per heavy atom. The van der Waals surface area contributed by atoms with E-state index in [2.05, 4.69) is 29.9 Å². The Morgan fingerprint density at radius 3 is 3.16 bits per heavy atom. The van der Waals surface area contributed by atoms with Crippen LogP contribution in [-0.2, 0) is 6.42 Å². The molecule has 0 radical (unpaired) electrons. The Kier molecular flexibility index (Phi) is 3.39. The van der Waals surface area contributed by atoms with Crippen molar-refractivity contribution >= 4 is 0 Å². The molecule has 3 atom stereocenters. The van der Waals surface area contributed by atoms with Gasteiger partial charge in [0, 0.05) is 31.2 Å². The average Bonchev–Trinajstić information content (AvgIpc) is 3.08. The van der Waals surface area contributed by atoms with Crippen LogP contribution < -0.4 is 0 Å². The van der Waals surface area contributed by atoms with Gasteiger partial charge in [-0.15, -0.1) is 0 Å². The number of hydrogen-bond acceptors (Lipinski definition) is 3. The topological polar surface area (TPSA) is 41.3 Å². The van der Waals surface area contributed by atoms with Crippen LogP contribution in [0.2, 0.25) is 0 Å². The molecule has 2 saturated heterocycles. The predicted molar refractivity (Wildman–Crippen MR) is 75.1 cm³/mol. The van der Waals surface area contributed by atoms with Gasteiger partial charge in [0.2, 0.25) is 0 Å². The number of fused-ring (bicyclic) bond motifs is 1. The highest BCUT2D eigenvalue weighted by molar-refractivity contribution is 5.11. The van der Waals surface area contributed by atoms with E-state index in [0.29, 0.717) is 18.5 Å². The van der Waals surface area contributed by atoms with E-state index < -0.39 is 5.60 Å². The van der Waals surface area contributed by atoms with Crippen LogP contribution in [0.1, 0.15) is 51.3 Å². The van der Waals surface area contributed by atoms with Crippen molar-refractivity contribution in [2.75, 3.05) is 13.1 Å². The third-order valence-corrected chi connectivity index (χ3v) is 5.01. The monoisotopic (exact) mass is 263 g/mol. The second kappa shape index (κ2) is 4.91. The van der Waals surface area contributed by atoms with Gasteiger partial charge in [-0.3, -0.25) is 9.58 Å². The number of rotatable bonds is 4. The number of aromatic nitrogens is 2. The zero-order chi connectivity index (χ0) is 13.5. The number of nitrogens with zero attached hydrogens (tertiary/aromatic N) is 3. The quantitative estimate of drug-likeness (QED) is 0.903. The fourth-order valence-corrected chi connectivity index (χ4v) is 3.63. The maximum atomic E-state index is 10.9. The molecule has 106 valence electrons. The smallest absolute Gasteiger partial charge is 0.0870 e. The summed E-state index contributed by atoms with van der Waals surface area (Å²) < 4.78 is 2.03. The molecule has 0 bridgehead atoms. The van der Waals surface area contributed by atoms with Crippen molar-refractivity contribution in [2.24, 2.45) is 0 Å². The van der Waals surface area contributed by atoms with Crippen LogP contribution in [0.25, 0.3) is 0 Å². The first-order chi connectivity index (χ1) is 9.12. The van der Waals surface area contributed by atoms with Crippen LogP contribution in [0.15, 0.2) is 12.3 Å². The van der Waals surface area contributed by atoms with Gasteiger partial charge in [0.25, 0.3) is 0 Å². The molecule has 1 aromatic rings. The van der Waals surface area contributed by atoms with E-state index in [1.807, 2.05) is 10.9 Å². The summed E-state index contributed by atoms with van der Waals surface area (Å²) in [6, 6.07) is 2.87. The Morgan fingerprint density at radius 1 is 1.53 bits per heavy atom. The summed E-state index contributed by atoms with van der Waals surface area (Å²) in [6.45, 7) is 6.56. The molecule has 19 heavy (non-hydrogen) atoms. The molecule has 2 aliphatic rings. The molecule has 2 aliphatic heterocycles. The molecule has 3 rings (SSSR count). The molecule has 4 nitrogen and oxygen atoms in total. The Bertz CT molecular complexity index is 444. The zero-order valence-electron chi connectivity index (χ0n) is 12.0. The van der Waals surface area contributed by atoms with Gasteiger partial charge >= 0.3 is 0 Å². The van der Waals surface area contributed by atoms with Gasteiger partial charge in [0.05, 0.1) is 11.3 Å². The van der Waals surface area contributed by atoms with Crippen molar-refractivity contribution in [3.63, 3.8) is 0 Å². The fourth-order valence-electron chi connectivity index (χ4n) is 3.63. The van der Waals surface area contributed by atoms with Crippen LogP contribution in [0.3, 0.4) is 0 Å². The molecule has 0 aliphatic carbocycles. The van der Waals surface area contributed by atoms with E-state index in [-0.39, 0.29) is 0 Å². The lowest BCUT2D eigenvalue weighted by Gasteiger charge is -2.29. The normalized spacial score (nSPS) is 32.7. The standard InChI is InChI=1S/C15H25N3O/c1-3-12(2)18-9-6-13(16-18)11-15(19)7-10-17-8-4-5-14(15)17/h6,9,12,14,19H,3-5,7-8,10-11H2,1-2H3. The lowest BCUT2D eigenvalue weighted by molar-refractivity contribution is 0.0131. The average molecular weight is 263 g/mol. The minimum Gasteiger partial charge on any atom is -0.388 e. The van der Waals surface area contributed by atoms with Crippen LogP contribution in [0, 0.1) is 0 Å². The molecule has 3 unspecified atom stereocenters. The fraction of sp³-hybridized carbons (Fsp3) is 0.800. The van der Waals surface area contributed by atoms with Crippen LogP contribution in [-0.4, -0.2) is 44.5 Å². The van der Waals surface area contributed by atoms with E-state index in [4.69, 9.17) is 0 Å². The van der Waals surface area contributed by atoms with Crippen LogP contribution >= 0.6 is 0 Å². The van der Waals surface area contributed by atoms with Gasteiger partial charge in [0.1, 0.15) is 0 Å². The summed E-state index contributed by atoms with van der Waals surface area (Å²) >= 11 is 0. The van der Waals surface area contributed by atoms with E-state index in [1.54, 1.807) is 0 Å². The zero-order valence-corrected chi connectivity index (χ0v) is 12.0. The molecule has 1 N–H and O–H groups in total. The molecule has 0 spiro atoms. The van der Waals surface area contributed by atoms with E-state index >= 15 is 0 Å². The van der Waals surface area contributed by atoms with Crippen molar-refractivity contribution in [3.8, 4) is 0 Å². The summed E-state index contributed by atoms with van der Waals surface area (Å²) in [7, 11) is 0. The predicted octanol–water partition coefficient (Wildman–Crippen LogP) is 2.00. The molecule has 4 heteroatoms. The lowest BCUT2D eigenvalue weighted by Crippen LogP contribution is -2.43. The molecule has 3 heterocycles. The summed E-state index contributed by atoms with van der Waals surface area (Å²) in [5.74, 6) is 0. The van der Waals surface area contributed by atoms with Crippen molar-refractivity contribution < 1.29 is 5.11 Å². The van der Waals surface area contributed by atoms with Crippen molar-refractivity contribution in [1.29, 1.82) is 0 Å². The molecule has 0 saturated carbocycles. The van der Waals surface area contributed by atoms with Gasteiger partial charge in [0.15, 0.2) is 0 Å². The maximum Gasteiger partial charge on any atom is 0.0870 e. The summed E-state index contributed by atoms with van der Waals surface area (Å²) in [5.41, 5.74) is 0.488. The Hall–Kier alpha value is -0.870. The number of hydrogen-bond donors (Lipinski definition) is 1. The second-order valence-electron chi connectivity index (χ2n) is 6.27. The van der Waals surface area contributed by atoms with Crippen LogP contribution in [0.4, 0.5) is 0 Å². The van der Waals surface area contributed by atoms with Gasteiger partial charge in [-0.2, -0.15) is 5.10 Å². The highest BCUT2D eigenvalue weighted by Gasteiger charge is 2.48. The first-order valence-electron chi connectivity index (χ1n) is 7.63. The highest BCUT2D eigenvalue weighted by Crippen LogP contribution is 2.37. The first kappa shape index (κ1) is 13.1. The van der Waals surface area contributed by atoms with Gasteiger partial charge < -0.3 is 5.11 Å². The summed E-state index contributed by atoms with van der Waals surface area (Å²) in [4.78, 5) is 2.45. The molecule has 2 fully saturated rings. The molecule has 1 aromatic heterocycles. The molecular formula is C15H25N3O. The summed E-state index contributed by atoms with van der Waals surface area (Å²) in [5, 5.41) is 15.6. The minimum absolute atomic E-state index is 0.362. The minimum atomic E-state index is -0.550. The van der Waals surface area contributed by atoms with Crippen LogP contribution in [0.5, 0.6) is 0 Å². The third kappa shape index (κ3) is 2.32. The third-order valence-electron chi connectivity index (χ3n) is 5.01. The van der Waals surface area contributed by atoms with E-state index in [0.717, 1.165) is 38.0 Å². The molecule has 0 amide bonds. The SMILES string of the molecule is CCC(C)n1ccc(CC2(O)CCN3CCCC32)n1. The van der Waals surface area contributed by atoms with Gasteiger partial charge in [-0.25, -0.2) is 0 Å². The molecule has 0 aromatic carbocycles. The molecular weight excluding hydrogens is 238 g/mol.